The van der Waals surface area contributed by atoms with E-state index in [1.807, 2.05) is 48.5 Å². The maximum atomic E-state index is 12.2. The third-order valence-corrected chi connectivity index (χ3v) is 4.15. The summed E-state index contributed by atoms with van der Waals surface area (Å²) in [5, 5.41) is 3.95. The first kappa shape index (κ1) is 18.0. The Bertz CT molecular complexity index is 957. The number of hydrogen-bond acceptors (Lipinski definition) is 5. The van der Waals surface area contributed by atoms with Crippen LogP contribution in [0.15, 0.2) is 58.1 Å². The van der Waals surface area contributed by atoms with Crippen LogP contribution in [0.5, 0.6) is 5.88 Å². The summed E-state index contributed by atoms with van der Waals surface area (Å²) < 4.78 is 6.65. The quantitative estimate of drug-likeness (QED) is 0.512. The Morgan fingerprint density at radius 3 is 2.50 bits per heavy atom. The van der Waals surface area contributed by atoms with Crippen molar-refractivity contribution in [2.75, 3.05) is 0 Å². The van der Waals surface area contributed by atoms with Crippen molar-refractivity contribution in [1.82, 2.24) is 15.4 Å². The van der Waals surface area contributed by atoms with Crippen LogP contribution >= 0.6 is 15.9 Å². The number of carbonyl (C=O) groups is 1. The van der Waals surface area contributed by atoms with Gasteiger partial charge in [-0.2, -0.15) is 5.10 Å². The minimum atomic E-state index is -0.758. The molecular formula is C19H17BrN4O2. The molecule has 6 nitrogen and oxygen atoms in total. The van der Waals surface area contributed by atoms with Crippen molar-refractivity contribution >= 4 is 39.1 Å². The second-order valence-electron chi connectivity index (χ2n) is 5.65. The molecule has 1 heterocycles. The van der Waals surface area contributed by atoms with Crippen molar-refractivity contribution in [3.8, 4) is 5.88 Å². The highest BCUT2D eigenvalue weighted by molar-refractivity contribution is 9.10. The first-order chi connectivity index (χ1) is 12.5. The van der Waals surface area contributed by atoms with E-state index in [1.54, 1.807) is 20.1 Å². The molecule has 0 bridgehead atoms. The molecular weight excluding hydrogens is 396 g/mol. The first-order valence-electron chi connectivity index (χ1n) is 8.01. The summed E-state index contributed by atoms with van der Waals surface area (Å²) in [5.74, 6) is -0.0315. The van der Waals surface area contributed by atoms with Crippen molar-refractivity contribution in [3.05, 3.63) is 64.3 Å². The Hall–Kier alpha value is -2.80. The zero-order valence-corrected chi connectivity index (χ0v) is 15.9. The minimum absolute atomic E-state index is 0.336. The molecule has 2 aromatic carbocycles. The monoisotopic (exact) mass is 412 g/mol. The number of rotatable bonds is 5. The SMILES string of the molecule is Cc1nc2ccccc2nc1OC(C)C(=O)NN=Cc1ccc(Br)cc1. The third-order valence-electron chi connectivity index (χ3n) is 3.62. The van der Waals surface area contributed by atoms with Crippen molar-refractivity contribution in [2.24, 2.45) is 5.10 Å². The minimum Gasteiger partial charge on any atom is -0.463 e. The van der Waals surface area contributed by atoms with Gasteiger partial charge in [-0.1, -0.05) is 40.2 Å². The van der Waals surface area contributed by atoms with E-state index >= 15 is 0 Å². The van der Waals surface area contributed by atoms with Gasteiger partial charge in [-0.05, 0) is 43.7 Å². The van der Waals surface area contributed by atoms with Gasteiger partial charge in [0.05, 0.1) is 17.2 Å². The van der Waals surface area contributed by atoms with E-state index in [-0.39, 0.29) is 5.91 Å². The molecule has 1 amide bonds. The molecule has 7 heteroatoms. The smallest absolute Gasteiger partial charge is 0.280 e. The summed E-state index contributed by atoms with van der Waals surface area (Å²) >= 11 is 3.37. The number of para-hydroxylation sites is 2. The number of aromatic nitrogens is 2. The van der Waals surface area contributed by atoms with Gasteiger partial charge in [0.15, 0.2) is 6.10 Å². The Morgan fingerprint density at radius 1 is 1.15 bits per heavy atom. The third kappa shape index (κ3) is 4.43. The number of carbonyl (C=O) groups excluding carboxylic acids is 1. The molecule has 1 N–H and O–H groups in total. The number of hydrazone groups is 1. The molecule has 3 rings (SSSR count). The maximum absolute atomic E-state index is 12.2. The number of aryl methyl sites for hydroxylation is 1. The number of nitrogens with one attached hydrogen (secondary N) is 1. The topological polar surface area (TPSA) is 76.5 Å². The molecule has 0 aliphatic heterocycles. The Kier molecular flexibility index (Phi) is 5.58. The summed E-state index contributed by atoms with van der Waals surface area (Å²) in [5.41, 5.74) is 5.47. The van der Waals surface area contributed by atoms with Gasteiger partial charge in [-0.25, -0.2) is 15.4 Å². The summed E-state index contributed by atoms with van der Waals surface area (Å²) in [4.78, 5) is 21.0. The number of benzene rings is 2. The number of amides is 1. The van der Waals surface area contributed by atoms with Gasteiger partial charge < -0.3 is 4.74 Å². The normalized spacial score (nSPS) is 12.3. The van der Waals surface area contributed by atoms with Crippen LogP contribution in [0.1, 0.15) is 18.2 Å². The van der Waals surface area contributed by atoms with Gasteiger partial charge in [0.1, 0.15) is 5.69 Å². The van der Waals surface area contributed by atoms with E-state index in [2.05, 4.69) is 36.4 Å². The van der Waals surface area contributed by atoms with Gasteiger partial charge >= 0.3 is 0 Å². The molecule has 0 saturated carbocycles. The van der Waals surface area contributed by atoms with Crippen LogP contribution in [0.3, 0.4) is 0 Å². The largest absolute Gasteiger partial charge is 0.463 e. The molecule has 0 aliphatic rings. The predicted octanol–water partition coefficient (Wildman–Crippen LogP) is 3.62. The lowest BCUT2D eigenvalue weighted by Crippen LogP contribution is -2.33. The van der Waals surface area contributed by atoms with Gasteiger partial charge in [0, 0.05) is 4.47 Å². The number of fused-ring (bicyclic) bond motifs is 1. The van der Waals surface area contributed by atoms with E-state index in [9.17, 15) is 4.79 Å². The van der Waals surface area contributed by atoms with Crippen molar-refractivity contribution < 1.29 is 9.53 Å². The number of halogens is 1. The van der Waals surface area contributed by atoms with Crippen LogP contribution in [0, 0.1) is 6.92 Å². The maximum Gasteiger partial charge on any atom is 0.280 e. The van der Waals surface area contributed by atoms with E-state index in [1.165, 1.54) is 0 Å². The lowest BCUT2D eigenvalue weighted by Gasteiger charge is -2.14. The molecule has 0 fully saturated rings. The average molecular weight is 413 g/mol. The standard InChI is InChI=1S/C19H17BrN4O2/c1-12-19(23-17-6-4-3-5-16(17)22-12)26-13(2)18(25)24-21-11-14-7-9-15(20)10-8-14/h3-11,13H,1-2H3,(H,24,25). The number of nitrogens with zero attached hydrogens (tertiary/aromatic N) is 3. The fourth-order valence-corrected chi connectivity index (χ4v) is 2.48. The second-order valence-corrected chi connectivity index (χ2v) is 6.56. The predicted molar refractivity (Wildman–Crippen MR) is 104 cm³/mol. The van der Waals surface area contributed by atoms with Crippen LogP contribution in [-0.4, -0.2) is 28.2 Å². The van der Waals surface area contributed by atoms with Crippen LogP contribution in [-0.2, 0) is 4.79 Å². The lowest BCUT2D eigenvalue weighted by molar-refractivity contribution is -0.127. The van der Waals surface area contributed by atoms with Crippen molar-refractivity contribution in [1.29, 1.82) is 0 Å². The fourth-order valence-electron chi connectivity index (χ4n) is 2.21. The lowest BCUT2D eigenvalue weighted by atomic mass is 10.2. The van der Waals surface area contributed by atoms with E-state index < -0.39 is 6.10 Å². The van der Waals surface area contributed by atoms with Crippen molar-refractivity contribution in [2.45, 2.75) is 20.0 Å². The molecule has 0 aliphatic carbocycles. The highest BCUT2D eigenvalue weighted by Crippen LogP contribution is 2.19. The number of ether oxygens (including phenoxy) is 1. The summed E-state index contributed by atoms with van der Waals surface area (Å²) in [6.07, 6.45) is 0.809. The molecule has 132 valence electrons. The molecule has 1 atom stereocenters. The Labute approximate surface area is 159 Å². The van der Waals surface area contributed by atoms with Crippen LogP contribution in [0.4, 0.5) is 0 Å². The number of hydrogen-bond donors (Lipinski definition) is 1. The highest BCUT2D eigenvalue weighted by atomic mass is 79.9. The second kappa shape index (κ2) is 8.05. The van der Waals surface area contributed by atoms with Gasteiger partial charge in [-0.15, -0.1) is 0 Å². The molecule has 0 saturated heterocycles. The van der Waals surface area contributed by atoms with Gasteiger partial charge in [0.2, 0.25) is 5.88 Å². The molecule has 0 radical (unpaired) electrons. The van der Waals surface area contributed by atoms with E-state index in [0.29, 0.717) is 17.1 Å². The summed E-state index contributed by atoms with van der Waals surface area (Å²) in [6.45, 7) is 3.44. The average Bonchev–Trinajstić information content (AvgIpc) is 2.63. The van der Waals surface area contributed by atoms with Crippen LogP contribution < -0.4 is 10.2 Å². The zero-order chi connectivity index (χ0) is 18.5. The summed E-state index contributed by atoms with van der Waals surface area (Å²) in [7, 11) is 0. The van der Waals surface area contributed by atoms with Crippen LogP contribution in [0.2, 0.25) is 0 Å². The highest BCUT2D eigenvalue weighted by Gasteiger charge is 2.17. The van der Waals surface area contributed by atoms with Crippen LogP contribution in [0.25, 0.3) is 11.0 Å². The van der Waals surface area contributed by atoms with E-state index in [0.717, 1.165) is 15.6 Å². The molecule has 1 aromatic heterocycles. The Morgan fingerprint density at radius 2 is 1.81 bits per heavy atom. The van der Waals surface area contributed by atoms with Gasteiger partial charge in [-0.3, -0.25) is 4.79 Å². The zero-order valence-electron chi connectivity index (χ0n) is 14.3. The molecule has 0 spiro atoms. The van der Waals surface area contributed by atoms with Gasteiger partial charge in [0.25, 0.3) is 5.91 Å². The Balaban J connectivity index is 1.63. The van der Waals surface area contributed by atoms with Crippen molar-refractivity contribution in [3.63, 3.8) is 0 Å². The molecule has 1 unspecified atom stereocenters. The first-order valence-corrected chi connectivity index (χ1v) is 8.81. The molecule has 26 heavy (non-hydrogen) atoms. The molecule has 3 aromatic rings. The summed E-state index contributed by atoms with van der Waals surface area (Å²) in [6, 6.07) is 15.1. The van der Waals surface area contributed by atoms with E-state index in [4.69, 9.17) is 4.74 Å². The fraction of sp³-hybridized carbons (Fsp3) is 0.158.